The lowest BCUT2D eigenvalue weighted by atomic mass is 10.1. The first-order valence-electron chi connectivity index (χ1n) is 9.06. The van der Waals surface area contributed by atoms with E-state index in [4.69, 9.17) is 11.6 Å². The molecular formula is C18H20ClF5N4O. The Morgan fingerprint density at radius 3 is 2.59 bits per heavy atom. The van der Waals surface area contributed by atoms with Crippen molar-refractivity contribution in [3.8, 4) is 0 Å². The molecule has 0 saturated heterocycles. The van der Waals surface area contributed by atoms with Crippen molar-refractivity contribution in [3.05, 3.63) is 29.7 Å². The summed E-state index contributed by atoms with van der Waals surface area (Å²) in [5, 5.41) is 4.16. The zero-order valence-corrected chi connectivity index (χ0v) is 16.4. The van der Waals surface area contributed by atoms with Crippen molar-refractivity contribution >= 4 is 28.9 Å². The van der Waals surface area contributed by atoms with E-state index in [1.54, 1.807) is 6.08 Å². The minimum atomic E-state index is -5.69. The molecule has 0 aromatic carbocycles. The molecular weight excluding hydrogens is 419 g/mol. The molecule has 0 spiro atoms. The lowest BCUT2D eigenvalue weighted by Gasteiger charge is -2.24. The van der Waals surface area contributed by atoms with Crippen LogP contribution in [0.1, 0.15) is 25.7 Å². The van der Waals surface area contributed by atoms with Gasteiger partial charge >= 0.3 is 12.1 Å². The van der Waals surface area contributed by atoms with Crippen LogP contribution in [0.15, 0.2) is 24.5 Å². The molecule has 160 valence electrons. The third-order valence-electron chi connectivity index (χ3n) is 4.78. The van der Waals surface area contributed by atoms with Gasteiger partial charge in [-0.3, -0.25) is 4.79 Å². The van der Waals surface area contributed by atoms with Crippen LogP contribution in [0, 0.1) is 5.92 Å². The van der Waals surface area contributed by atoms with E-state index in [1.807, 2.05) is 24.2 Å². The molecule has 1 aliphatic carbocycles. The fraction of sp³-hybridized carbons (Fsp3) is 0.556. The van der Waals surface area contributed by atoms with Crippen LogP contribution in [0.4, 0.5) is 27.6 Å². The van der Waals surface area contributed by atoms with E-state index in [9.17, 15) is 26.7 Å². The van der Waals surface area contributed by atoms with Gasteiger partial charge in [-0.25, -0.2) is 4.68 Å². The first kappa shape index (κ1) is 21.6. The molecule has 0 radical (unpaired) electrons. The number of allylic oxidation sites excluding steroid dienone is 2. The van der Waals surface area contributed by atoms with Crippen LogP contribution in [0.5, 0.6) is 0 Å². The molecule has 3 rings (SSSR count). The second-order valence-corrected chi connectivity index (χ2v) is 7.67. The van der Waals surface area contributed by atoms with E-state index in [2.05, 4.69) is 5.10 Å². The number of hydrogen-bond acceptors (Lipinski definition) is 3. The Morgan fingerprint density at radius 1 is 1.31 bits per heavy atom. The minimum Gasteiger partial charge on any atom is -0.375 e. The Labute approximate surface area is 169 Å². The molecule has 1 aromatic rings. The summed E-state index contributed by atoms with van der Waals surface area (Å²) in [4.78, 5) is 15.6. The zero-order chi connectivity index (χ0) is 21.4. The number of amides is 1. The molecule has 2 aliphatic rings. The van der Waals surface area contributed by atoms with Crippen molar-refractivity contribution < 1.29 is 26.7 Å². The quantitative estimate of drug-likeness (QED) is 0.586. The second-order valence-electron chi connectivity index (χ2n) is 7.31. The molecule has 1 amide bonds. The highest BCUT2D eigenvalue weighted by Gasteiger charge is 2.57. The average molecular weight is 439 g/mol. The summed E-state index contributed by atoms with van der Waals surface area (Å²) in [7, 11) is 1.86. The molecule has 0 N–H and O–H groups in total. The summed E-state index contributed by atoms with van der Waals surface area (Å²) in [6.45, 7) is 0.739. The largest absolute Gasteiger partial charge is 0.453 e. The summed E-state index contributed by atoms with van der Waals surface area (Å²) in [6, 6.07) is 0. The Morgan fingerprint density at radius 2 is 2.00 bits per heavy atom. The SMILES string of the molecule is CN1C=CC=C(n2cc(N(CC3CC3)C(=O)CCC(F)(F)C(F)(F)F)c(Cl)n2)C1. The maximum Gasteiger partial charge on any atom is 0.453 e. The van der Waals surface area contributed by atoms with E-state index in [-0.39, 0.29) is 23.3 Å². The Hall–Kier alpha value is -2.10. The number of halogens is 6. The molecule has 11 heteroatoms. The molecule has 0 bridgehead atoms. The standard InChI is InChI=1S/C18H20ClF5N4O/c1-26-8-2-3-13(10-26)28-11-14(16(19)25-28)27(9-12-4-5-12)15(29)6-7-17(20,21)18(22,23)24/h2-3,8,11-12H,4-7,9-10H2,1H3. The number of alkyl halides is 5. The van der Waals surface area contributed by atoms with Gasteiger partial charge in [-0.05, 0) is 37.1 Å². The molecule has 1 aliphatic heterocycles. The fourth-order valence-corrected chi connectivity index (χ4v) is 3.15. The van der Waals surface area contributed by atoms with Gasteiger partial charge in [0, 0.05) is 26.4 Å². The predicted molar refractivity (Wildman–Crippen MR) is 98.6 cm³/mol. The van der Waals surface area contributed by atoms with Crippen LogP contribution < -0.4 is 4.90 Å². The van der Waals surface area contributed by atoms with Crippen molar-refractivity contribution in [3.63, 3.8) is 0 Å². The van der Waals surface area contributed by atoms with E-state index in [1.165, 1.54) is 15.8 Å². The van der Waals surface area contributed by atoms with Crippen LogP contribution in [0.2, 0.25) is 5.15 Å². The maximum absolute atomic E-state index is 13.2. The second kappa shape index (κ2) is 7.97. The fourth-order valence-electron chi connectivity index (χ4n) is 2.92. The van der Waals surface area contributed by atoms with Crippen LogP contribution in [-0.2, 0) is 4.79 Å². The molecule has 0 unspecified atom stereocenters. The van der Waals surface area contributed by atoms with E-state index in [0.29, 0.717) is 6.54 Å². The van der Waals surface area contributed by atoms with E-state index >= 15 is 0 Å². The first-order chi connectivity index (χ1) is 13.5. The van der Waals surface area contributed by atoms with Gasteiger partial charge in [0.2, 0.25) is 5.91 Å². The van der Waals surface area contributed by atoms with Gasteiger partial charge in [-0.2, -0.15) is 27.1 Å². The maximum atomic E-state index is 13.2. The topological polar surface area (TPSA) is 41.4 Å². The number of aromatic nitrogens is 2. The van der Waals surface area contributed by atoms with Gasteiger partial charge in [0.15, 0.2) is 5.15 Å². The van der Waals surface area contributed by atoms with Gasteiger partial charge in [0.05, 0.1) is 18.4 Å². The third kappa shape index (κ3) is 5.09. The molecule has 5 nitrogen and oxygen atoms in total. The molecule has 29 heavy (non-hydrogen) atoms. The van der Waals surface area contributed by atoms with Crippen molar-refractivity contribution in [1.82, 2.24) is 14.7 Å². The summed E-state index contributed by atoms with van der Waals surface area (Å²) in [6.07, 6.45) is 0.444. The van der Waals surface area contributed by atoms with E-state index in [0.717, 1.165) is 18.5 Å². The minimum absolute atomic E-state index is 0.0142. The number of carbonyl (C=O) groups excluding carboxylic acids is 1. The zero-order valence-electron chi connectivity index (χ0n) is 15.6. The molecule has 2 heterocycles. The third-order valence-corrected chi connectivity index (χ3v) is 5.05. The Balaban J connectivity index is 1.79. The number of likely N-dealkylation sites (N-methyl/N-ethyl adjacent to an activating group) is 1. The van der Waals surface area contributed by atoms with Crippen LogP contribution in [0.3, 0.4) is 0 Å². The van der Waals surface area contributed by atoms with Crippen molar-refractivity contribution in [2.45, 2.75) is 37.8 Å². The first-order valence-corrected chi connectivity index (χ1v) is 9.44. The Bertz CT molecular complexity index is 829. The highest BCUT2D eigenvalue weighted by molar-refractivity contribution is 6.32. The number of carbonyl (C=O) groups is 1. The van der Waals surface area contributed by atoms with Gasteiger partial charge in [-0.1, -0.05) is 11.6 Å². The summed E-state index contributed by atoms with van der Waals surface area (Å²) >= 11 is 6.19. The van der Waals surface area contributed by atoms with Crippen LogP contribution >= 0.6 is 11.6 Å². The van der Waals surface area contributed by atoms with Gasteiger partial charge in [0.1, 0.15) is 5.69 Å². The van der Waals surface area contributed by atoms with Gasteiger partial charge < -0.3 is 9.80 Å². The van der Waals surface area contributed by atoms with Crippen molar-refractivity contribution in [2.75, 3.05) is 25.0 Å². The number of hydrogen-bond donors (Lipinski definition) is 0. The lowest BCUT2D eigenvalue weighted by Crippen LogP contribution is -2.39. The lowest BCUT2D eigenvalue weighted by molar-refractivity contribution is -0.284. The number of anilines is 1. The average Bonchev–Trinajstić information content (AvgIpc) is 3.37. The smallest absolute Gasteiger partial charge is 0.375 e. The molecule has 0 atom stereocenters. The molecule has 1 fully saturated rings. The monoisotopic (exact) mass is 438 g/mol. The summed E-state index contributed by atoms with van der Waals surface area (Å²) in [5.41, 5.74) is 0.975. The molecule has 1 aromatic heterocycles. The van der Waals surface area contributed by atoms with E-state index < -0.39 is 30.8 Å². The van der Waals surface area contributed by atoms with Crippen LogP contribution in [-0.4, -0.2) is 52.8 Å². The number of rotatable bonds is 7. The number of nitrogens with zero attached hydrogens (tertiary/aromatic N) is 4. The van der Waals surface area contributed by atoms with Crippen LogP contribution in [0.25, 0.3) is 5.70 Å². The predicted octanol–water partition coefficient (Wildman–Crippen LogP) is 4.56. The molecule has 1 saturated carbocycles. The highest BCUT2D eigenvalue weighted by Crippen LogP contribution is 2.40. The Kier molecular flexibility index (Phi) is 5.93. The van der Waals surface area contributed by atoms with Gasteiger partial charge in [0.25, 0.3) is 0 Å². The summed E-state index contributed by atoms with van der Waals surface area (Å²) in [5.74, 6) is -5.59. The van der Waals surface area contributed by atoms with Crippen molar-refractivity contribution in [1.29, 1.82) is 0 Å². The highest BCUT2D eigenvalue weighted by atomic mass is 35.5. The van der Waals surface area contributed by atoms with Crippen molar-refractivity contribution in [2.24, 2.45) is 5.92 Å². The van der Waals surface area contributed by atoms with Gasteiger partial charge in [-0.15, -0.1) is 0 Å². The summed E-state index contributed by atoms with van der Waals surface area (Å²) < 4.78 is 65.2. The normalized spacial score (nSPS) is 17.5.